The largest absolute Gasteiger partial charge is 0.508 e. The first-order valence-electron chi connectivity index (χ1n) is 7.70. The number of aromatic hydroxyl groups is 1. The SMILES string of the molecule is C.Cc1ccc(CNC(=O)c2cncc(-c3ccc(O)cc3)c2)cc1. The second-order valence-electron chi connectivity index (χ2n) is 5.68. The molecule has 0 aliphatic carbocycles. The second-order valence-corrected chi connectivity index (χ2v) is 5.68. The molecule has 0 unspecified atom stereocenters. The number of phenols is 1. The molecule has 128 valence electrons. The van der Waals surface area contributed by atoms with Crippen molar-refractivity contribution < 1.29 is 9.90 Å². The van der Waals surface area contributed by atoms with Crippen LogP contribution in [0.25, 0.3) is 11.1 Å². The highest BCUT2D eigenvalue weighted by atomic mass is 16.3. The molecule has 3 rings (SSSR count). The molecule has 2 N–H and O–H groups in total. The van der Waals surface area contributed by atoms with Crippen molar-refractivity contribution in [2.75, 3.05) is 0 Å². The van der Waals surface area contributed by atoms with E-state index < -0.39 is 0 Å². The number of phenolic OH excluding ortho intramolecular Hbond substituents is 1. The molecule has 1 heterocycles. The van der Waals surface area contributed by atoms with Crippen LogP contribution >= 0.6 is 0 Å². The number of benzene rings is 2. The summed E-state index contributed by atoms with van der Waals surface area (Å²) in [4.78, 5) is 16.5. The Morgan fingerprint density at radius 2 is 1.68 bits per heavy atom. The van der Waals surface area contributed by atoms with E-state index in [9.17, 15) is 9.90 Å². The summed E-state index contributed by atoms with van der Waals surface area (Å²) in [5.74, 6) is 0.0439. The van der Waals surface area contributed by atoms with Crippen molar-refractivity contribution in [1.82, 2.24) is 10.3 Å². The van der Waals surface area contributed by atoms with E-state index in [4.69, 9.17) is 0 Å². The number of hydrogen-bond donors (Lipinski definition) is 2. The smallest absolute Gasteiger partial charge is 0.253 e. The summed E-state index contributed by atoms with van der Waals surface area (Å²) in [6.07, 6.45) is 3.25. The maximum Gasteiger partial charge on any atom is 0.253 e. The van der Waals surface area contributed by atoms with E-state index in [1.807, 2.05) is 31.2 Å². The van der Waals surface area contributed by atoms with Crippen molar-refractivity contribution >= 4 is 5.91 Å². The lowest BCUT2D eigenvalue weighted by atomic mass is 10.1. The summed E-state index contributed by atoms with van der Waals surface area (Å²) >= 11 is 0. The first kappa shape index (κ1) is 18.2. The summed E-state index contributed by atoms with van der Waals surface area (Å²) in [6.45, 7) is 2.51. The molecule has 0 spiro atoms. The number of amides is 1. The van der Waals surface area contributed by atoms with Crippen LogP contribution in [0.15, 0.2) is 67.0 Å². The van der Waals surface area contributed by atoms with Crippen molar-refractivity contribution in [2.45, 2.75) is 20.9 Å². The molecule has 0 atom stereocenters. The third kappa shape index (κ3) is 4.67. The van der Waals surface area contributed by atoms with Crippen molar-refractivity contribution in [1.29, 1.82) is 0 Å². The van der Waals surface area contributed by atoms with Crippen LogP contribution in [-0.4, -0.2) is 16.0 Å². The molecule has 25 heavy (non-hydrogen) atoms. The third-order valence-electron chi connectivity index (χ3n) is 3.77. The Bertz CT molecular complexity index is 841. The van der Waals surface area contributed by atoms with E-state index in [1.54, 1.807) is 42.7 Å². The van der Waals surface area contributed by atoms with Gasteiger partial charge in [0.25, 0.3) is 5.91 Å². The van der Waals surface area contributed by atoms with Crippen molar-refractivity contribution in [3.63, 3.8) is 0 Å². The van der Waals surface area contributed by atoms with Gasteiger partial charge in [0.05, 0.1) is 5.56 Å². The van der Waals surface area contributed by atoms with E-state index in [0.717, 1.165) is 16.7 Å². The van der Waals surface area contributed by atoms with Gasteiger partial charge in [0.1, 0.15) is 5.75 Å². The molecule has 0 aliphatic heterocycles. The van der Waals surface area contributed by atoms with Gasteiger partial charge in [0.15, 0.2) is 0 Å². The first-order chi connectivity index (χ1) is 11.6. The van der Waals surface area contributed by atoms with Gasteiger partial charge in [-0.2, -0.15) is 0 Å². The fourth-order valence-electron chi connectivity index (χ4n) is 2.37. The molecule has 3 aromatic rings. The maximum atomic E-state index is 12.3. The van der Waals surface area contributed by atoms with Gasteiger partial charge in [0, 0.05) is 24.5 Å². The molecule has 0 fully saturated rings. The Morgan fingerprint density at radius 1 is 1.00 bits per heavy atom. The van der Waals surface area contributed by atoms with E-state index in [2.05, 4.69) is 10.3 Å². The highest BCUT2D eigenvalue weighted by molar-refractivity contribution is 5.95. The Kier molecular flexibility index (Phi) is 5.90. The van der Waals surface area contributed by atoms with E-state index >= 15 is 0 Å². The van der Waals surface area contributed by atoms with Crippen LogP contribution in [0.4, 0.5) is 0 Å². The summed E-state index contributed by atoms with van der Waals surface area (Å²) < 4.78 is 0. The van der Waals surface area contributed by atoms with Crippen LogP contribution in [-0.2, 0) is 6.54 Å². The van der Waals surface area contributed by atoms with Crippen LogP contribution in [0, 0.1) is 6.92 Å². The van der Waals surface area contributed by atoms with E-state index in [0.29, 0.717) is 12.1 Å². The van der Waals surface area contributed by atoms with Gasteiger partial charge in [0.2, 0.25) is 0 Å². The Hall–Kier alpha value is -3.14. The van der Waals surface area contributed by atoms with Crippen LogP contribution in [0.3, 0.4) is 0 Å². The standard InChI is InChI=1S/C20H18N2O2.CH4/c1-14-2-4-15(5-3-14)11-22-20(24)18-10-17(12-21-13-18)16-6-8-19(23)9-7-16;/h2-10,12-13,23H,11H2,1H3,(H,22,24);1H4. The van der Waals surface area contributed by atoms with Gasteiger partial charge < -0.3 is 10.4 Å². The zero-order valence-corrected chi connectivity index (χ0v) is 13.4. The monoisotopic (exact) mass is 334 g/mol. The van der Waals surface area contributed by atoms with Gasteiger partial charge in [-0.25, -0.2) is 0 Å². The predicted octanol–water partition coefficient (Wildman–Crippen LogP) is 4.33. The molecule has 0 bridgehead atoms. The number of nitrogens with one attached hydrogen (secondary N) is 1. The predicted molar refractivity (Wildman–Crippen MR) is 100 cm³/mol. The third-order valence-corrected chi connectivity index (χ3v) is 3.77. The first-order valence-corrected chi connectivity index (χ1v) is 7.70. The molecule has 2 aromatic carbocycles. The molecule has 4 nitrogen and oxygen atoms in total. The van der Waals surface area contributed by atoms with Gasteiger partial charge in [-0.05, 0) is 36.2 Å². The number of carbonyl (C=O) groups is 1. The van der Waals surface area contributed by atoms with Crippen molar-refractivity contribution in [2.24, 2.45) is 0 Å². The van der Waals surface area contributed by atoms with Crippen LogP contribution in [0.2, 0.25) is 0 Å². The Morgan fingerprint density at radius 3 is 2.36 bits per heavy atom. The summed E-state index contributed by atoms with van der Waals surface area (Å²) in [5.41, 5.74) is 4.48. The minimum absolute atomic E-state index is 0. The molecule has 1 amide bonds. The number of aromatic nitrogens is 1. The maximum absolute atomic E-state index is 12.3. The van der Waals surface area contributed by atoms with Gasteiger partial charge >= 0.3 is 0 Å². The molecule has 0 saturated carbocycles. The quantitative estimate of drug-likeness (QED) is 0.746. The van der Waals surface area contributed by atoms with Crippen LogP contribution in [0.1, 0.15) is 28.9 Å². The molecular weight excluding hydrogens is 312 g/mol. The number of pyridine rings is 1. The van der Waals surface area contributed by atoms with Crippen molar-refractivity contribution in [3.8, 4) is 16.9 Å². The van der Waals surface area contributed by atoms with Crippen molar-refractivity contribution in [3.05, 3.63) is 83.7 Å². The lowest BCUT2D eigenvalue weighted by Gasteiger charge is -2.07. The Labute approximate surface area is 148 Å². The molecular formula is C21H22N2O2. The summed E-state index contributed by atoms with van der Waals surface area (Å²) in [6, 6.07) is 16.6. The number of nitrogens with zero attached hydrogens (tertiary/aromatic N) is 1. The molecule has 1 aromatic heterocycles. The zero-order valence-electron chi connectivity index (χ0n) is 13.4. The summed E-state index contributed by atoms with van der Waals surface area (Å²) in [7, 11) is 0. The fourth-order valence-corrected chi connectivity index (χ4v) is 2.37. The molecule has 0 saturated heterocycles. The second kappa shape index (κ2) is 8.11. The minimum Gasteiger partial charge on any atom is -0.508 e. The summed E-state index contributed by atoms with van der Waals surface area (Å²) in [5, 5.41) is 12.3. The average molecular weight is 334 g/mol. The van der Waals surface area contributed by atoms with Crippen LogP contribution in [0.5, 0.6) is 5.75 Å². The van der Waals surface area contributed by atoms with Gasteiger partial charge in [-0.15, -0.1) is 0 Å². The zero-order chi connectivity index (χ0) is 16.9. The fraction of sp³-hybridized carbons (Fsp3) is 0.143. The highest BCUT2D eigenvalue weighted by Gasteiger charge is 2.08. The molecule has 0 aliphatic rings. The normalized spacial score (nSPS) is 9.96. The minimum atomic E-state index is -0.163. The van der Waals surface area contributed by atoms with E-state index in [1.165, 1.54) is 5.56 Å². The van der Waals surface area contributed by atoms with Gasteiger partial charge in [-0.3, -0.25) is 9.78 Å². The topological polar surface area (TPSA) is 62.2 Å². The molecule has 0 radical (unpaired) electrons. The van der Waals surface area contributed by atoms with Gasteiger partial charge in [-0.1, -0.05) is 49.4 Å². The number of aryl methyl sites for hydroxylation is 1. The lowest BCUT2D eigenvalue weighted by molar-refractivity contribution is 0.0950. The molecule has 4 heteroatoms. The van der Waals surface area contributed by atoms with E-state index in [-0.39, 0.29) is 19.1 Å². The highest BCUT2D eigenvalue weighted by Crippen LogP contribution is 2.21. The van der Waals surface area contributed by atoms with Crippen LogP contribution < -0.4 is 5.32 Å². The average Bonchev–Trinajstić information content (AvgIpc) is 2.62. The lowest BCUT2D eigenvalue weighted by Crippen LogP contribution is -2.22. The number of carbonyl (C=O) groups excluding carboxylic acids is 1. The Balaban J connectivity index is 0.00000225. The number of hydrogen-bond acceptors (Lipinski definition) is 3. The number of rotatable bonds is 4.